The summed E-state index contributed by atoms with van der Waals surface area (Å²) in [7, 11) is 0. The highest BCUT2D eigenvalue weighted by Gasteiger charge is 1.97. The molecule has 1 unspecified atom stereocenters. The van der Waals surface area contributed by atoms with E-state index in [0.29, 0.717) is 5.57 Å². The summed E-state index contributed by atoms with van der Waals surface area (Å²) >= 11 is 0. The Hall–Kier alpha value is -1.70. The summed E-state index contributed by atoms with van der Waals surface area (Å²) < 4.78 is 12.4. The maximum atomic E-state index is 12.4. The number of carbonyl (C=O) groups is 1. The molecular weight excluding hydrogens is 263 g/mol. The van der Waals surface area contributed by atoms with Crippen LogP contribution in [0.3, 0.4) is 0 Å². The molecule has 0 fully saturated rings. The van der Waals surface area contributed by atoms with Crippen LogP contribution in [0.25, 0.3) is 0 Å². The molecule has 0 bridgehead atoms. The first-order valence-electron chi connectivity index (χ1n) is 7.49. The Labute approximate surface area is 128 Å². The molecule has 2 heteroatoms. The van der Waals surface area contributed by atoms with Gasteiger partial charge in [-0.15, -0.1) is 0 Å². The van der Waals surface area contributed by atoms with Crippen LogP contribution in [0.1, 0.15) is 40.5 Å². The number of rotatable bonds is 9. The summed E-state index contributed by atoms with van der Waals surface area (Å²) in [6.45, 7) is 7.12. The van der Waals surface area contributed by atoms with Crippen molar-refractivity contribution in [3.8, 4) is 0 Å². The lowest BCUT2D eigenvalue weighted by atomic mass is 10.1. The zero-order valence-electron chi connectivity index (χ0n) is 13.6. The third kappa shape index (κ3) is 9.78. The first-order chi connectivity index (χ1) is 10.0. The summed E-state index contributed by atoms with van der Waals surface area (Å²) in [4.78, 5) is 11.4. The van der Waals surface area contributed by atoms with Gasteiger partial charge in [-0.05, 0) is 38.2 Å². The van der Waals surface area contributed by atoms with Gasteiger partial charge in [0.2, 0.25) is 0 Å². The van der Waals surface area contributed by atoms with E-state index in [1.807, 2.05) is 50.3 Å². The minimum atomic E-state index is -0.291. The van der Waals surface area contributed by atoms with Gasteiger partial charge in [0.1, 0.15) is 0 Å². The maximum Gasteiger partial charge on any atom is 0.159 e. The third-order valence-electron chi connectivity index (χ3n) is 2.87. The monoisotopic (exact) mass is 290 g/mol. The molecule has 1 nitrogen and oxygen atoms in total. The van der Waals surface area contributed by atoms with Gasteiger partial charge in [0.15, 0.2) is 5.78 Å². The Morgan fingerprint density at radius 3 is 2.48 bits per heavy atom. The highest BCUT2D eigenvalue weighted by molar-refractivity contribution is 5.96. The predicted molar refractivity (Wildman–Crippen MR) is 90.0 cm³/mol. The van der Waals surface area contributed by atoms with E-state index in [4.69, 9.17) is 0 Å². The maximum absolute atomic E-state index is 12.4. The van der Waals surface area contributed by atoms with E-state index in [9.17, 15) is 9.18 Å². The molecule has 0 aromatic carbocycles. The number of allylic oxidation sites excluding steroid dienone is 10. The number of halogens is 1. The van der Waals surface area contributed by atoms with Crippen molar-refractivity contribution in [2.24, 2.45) is 5.92 Å². The van der Waals surface area contributed by atoms with E-state index >= 15 is 0 Å². The lowest BCUT2D eigenvalue weighted by Gasteiger charge is -2.00. The molecule has 21 heavy (non-hydrogen) atoms. The first kappa shape index (κ1) is 19.3. The van der Waals surface area contributed by atoms with Crippen molar-refractivity contribution in [1.82, 2.24) is 0 Å². The van der Waals surface area contributed by atoms with Crippen LogP contribution >= 0.6 is 0 Å². The Kier molecular flexibility index (Phi) is 11.1. The van der Waals surface area contributed by atoms with Crippen molar-refractivity contribution in [1.29, 1.82) is 0 Å². The van der Waals surface area contributed by atoms with Gasteiger partial charge in [-0.2, -0.15) is 0 Å². The molecule has 0 heterocycles. The number of hydrogen-bond donors (Lipinski definition) is 0. The predicted octanol–water partition coefficient (Wildman–Crippen LogP) is 5.52. The van der Waals surface area contributed by atoms with E-state index in [-0.39, 0.29) is 18.4 Å². The van der Waals surface area contributed by atoms with Gasteiger partial charge in [0.25, 0.3) is 0 Å². The van der Waals surface area contributed by atoms with E-state index in [1.165, 1.54) is 0 Å². The molecule has 0 aliphatic rings. The van der Waals surface area contributed by atoms with Crippen LogP contribution in [0.15, 0.2) is 59.8 Å². The van der Waals surface area contributed by atoms with Crippen molar-refractivity contribution < 1.29 is 9.18 Å². The summed E-state index contributed by atoms with van der Waals surface area (Å²) in [6, 6.07) is 0. The number of carbonyl (C=O) groups excluding carboxylic acids is 1. The largest absolute Gasteiger partial charge is 0.295 e. The topological polar surface area (TPSA) is 17.1 Å². The molecule has 0 saturated heterocycles. The van der Waals surface area contributed by atoms with Crippen molar-refractivity contribution in [3.63, 3.8) is 0 Å². The molecule has 116 valence electrons. The molecule has 1 atom stereocenters. The fourth-order valence-electron chi connectivity index (χ4n) is 1.66. The van der Waals surface area contributed by atoms with Crippen LogP contribution in [0.5, 0.6) is 0 Å². The Morgan fingerprint density at radius 1 is 1.24 bits per heavy atom. The summed E-state index contributed by atoms with van der Waals surface area (Å²) in [5.74, 6) is 0.109. The Balaban J connectivity index is 4.85. The van der Waals surface area contributed by atoms with Crippen LogP contribution in [-0.2, 0) is 4.79 Å². The molecule has 0 aliphatic carbocycles. The second-order valence-electron chi connectivity index (χ2n) is 5.05. The average molecular weight is 290 g/mol. The van der Waals surface area contributed by atoms with Gasteiger partial charge in [0, 0.05) is 5.57 Å². The van der Waals surface area contributed by atoms with Crippen LogP contribution in [0, 0.1) is 5.92 Å². The second-order valence-corrected chi connectivity index (χ2v) is 5.05. The number of ketones is 1. The molecule has 0 rings (SSSR count). The second kappa shape index (κ2) is 12.1. The van der Waals surface area contributed by atoms with Gasteiger partial charge in [0.05, 0.1) is 6.67 Å². The molecule has 0 saturated carbocycles. The lowest BCUT2D eigenvalue weighted by Crippen LogP contribution is -1.93. The normalized spacial score (nSPS) is 15.5. The standard InChI is InChI=1S/C19H27FO/c1-5-9-18(12-7-11-16(3)15-20)13-8-14-19(10-6-2)17(4)21/h6-10,12-14,16H,5,11,15H2,1-4H3/b10-6-,12-7+,13-8+,18-9+,19-14+. The molecule has 0 aromatic rings. The van der Waals surface area contributed by atoms with Crippen molar-refractivity contribution >= 4 is 5.78 Å². The third-order valence-corrected chi connectivity index (χ3v) is 2.87. The van der Waals surface area contributed by atoms with Gasteiger partial charge in [-0.3, -0.25) is 9.18 Å². The Morgan fingerprint density at radius 2 is 1.95 bits per heavy atom. The molecular formula is C19H27FO. The quantitative estimate of drug-likeness (QED) is 0.403. The fraction of sp³-hybridized carbons (Fsp3) is 0.421. The lowest BCUT2D eigenvalue weighted by molar-refractivity contribution is -0.113. The number of hydrogen-bond acceptors (Lipinski definition) is 1. The summed E-state index contributed by atoms with van der Waals surface area (Å²) in [6.07, 6.45) is 17.1. The van der Waals surface area contributed by atoms with Gasteiger partial charge in [-0.25, -0.2) is 0 Å². The smallest absolute Gasteiger partial charge is 0.159 e. The minimum Gasteiger partial charge on any atom is -0.295 e. The van der Waals surface area contributed by atoms with Crippen molar-refractivity contribution in [3.05, 3.63) is 59.8 Å². The van der Waals surface area contributed by atoms with E-state index in [1.54, 1.807) is 13.0 Å². The molecule has 0 radical (unpaired) electrons. The Bertz CT molecular complexity index is 450. The van der Waals surface area contributed by atoms with Crippen molar-refractivity contribution in [2.75, 3.05) is 6.67 Å². The van der Waals surface area contributed by atoms with Gasteiger partial charge >= 0.3 is 0 Å². The number of Topliss-reactive ketones (excluding diaryl/α,β-unsaturated/α-hetero) is 1. The first-order valence-corrected chi connectivity index (χ1v) is 7.49. The minimum absolute atomic E-state index is 0.0473. The van der Waals surface area contributed by atoms with Gasteiger partial charge in [-0.1, -0.05) is 62.5 Å². The van der Waals surface area contributed by atoms with Crippen LogP contribution in [-0.4, -0.2) is 12.5 Å². The summed E-state index contributed by atoms with van der Waals surface area (Å²) in [5, 5.41) is 0. The highest BCUT2D eigenvalue weighted by atomic mass is 19.1. The van der Waals surface area contributed by atoms with E-state index in [2.05, 4.69) is 13.0 Å². The van der Waals surface area contributed by atoms with E-state index in [0.717, 1.165) is 18.4 Å². The molecule has 0 aliphatic heterocycles. The average Bonchev–Trinajstić information content (AvgIpc) is 2.45. The SMILES string of the molecule is C\C=C/C(=C\C=C\C(\C=C\CC(C)CF)=C\CC)C(C)=O. The molecule has 0 amide bonds. The number of alkyl halides is 1. The molecule has 0 spiro atoms. The van der Waals surface area contributed by atoms with Crippen LogP contribution in [0.2, 0.25) is 0 Å². The zero-order valence-corrected chi connectivity index (χ0v) is 13.6. The zero-order chi connectivity index (χ0) is 16.1. The van der Waals surface area contributed by atoms with Crippen LogP contribution < -0.4 is 0 Å². The fourth-order valence-corrected chi connectivity index (χ4v) is 1.66. The highest BCUT2D eigenvalue weighted by Crippen LogP contribution is 2.08. The molecule has 0 aromatic heterocycles. The van der Waals surface area contributed by atoms with Crippen LogP contribution in [0.4, 0.5) is 4.39 Å². The molecule has 0 N–H and O–H groups in total. The van der Waals surface area contributed by atoms with E-state index < -0.39 is 0 Å². The summed E-state index contributed by atoms with van der Waals surface area (Å²) in [5.41, 5.74) is 1.75. The van der Waals surface area contributed by atoms with Crippen molar-refractivity contribution in [2.45, 2.75) is 40.5 Å². The van der Waals surface area contributed by atoms with Gasteiger partial charge < -0.3 is 0 Å².